The number of rotatable bonds is 3. The number of imidazole rings is 1. The van der Waals surface area contributed by atoms with Crippen LogP contribution in [0.1, 0.15) is 50.1 Å². The molecule has 0 spiro atoms. The number of fused-ring (bicyclic) bond motifs is 3. The number of hydrogen-bond donors (Lipinski definition) is 1. The van der Waals surface area contributed by atoms with Crippen LogP contribution in [0.25, 0.3) is 11.3 Å². The molecule has 4 rings (SSSR count). The SMILES string of the molecule is O[C@@H](C[C@@H]1c2ccccc2-c2cncn21)C1CCCCC1. The van der Waals surface area contributed by atoms with Gasteiger partial charge in [0.1, 0.15) is 0 Å². The molecule has 1 fully saturated rings. The van der Waals surface area contributed by atoms with Gasteiger partial charge in [0.25, 0.3) is 0 Å². The first kappa shape index (κ1) is 13.1. The topological polar surface area (TPSA) is 38.1 Å². The first-order chi connectivity index (χ1) is 10.3. The summed E-state index contributed by atoms with van der Waals surface area (Å²) in [7, 11) is 0. The molecule has 1 aromatic carbocycles. The Kier molecular flexibility index (Phi) is 3.30. The first-order valence-electron chi connectivity index (χ1n) is 8.14. The molecule has 0 saturated heterocycles. The second-order valence-electron chi connectivity index (χ2n) is 6.49. The van der Waals surface area contributed by atoms with Crippen molar-refractivity contribution in [1.29, 1.82) is 0 Å². The number of nitrogens with zero attached hydrogens (tertiary/aromatic N) is 2. The minimum Gasteiger partial charge on any atom is -0.393 e. The molecule has 1 N–H and O–H groups in total. The molecule has 0 radical (unpaired) electrons. The van der Waals surface area contributed by atoms with Gasteiger partial charge in [-0.15, -0.1) is 0 Å². The standard InChI is InChI=1S/C18H22N2O/c21-18(13-6-2-1-3-7-13)10-16-14-8-4-5-9-15(14)17-11-19-12-20(16)17/h4-5,8-9,11-13,16,18,21H,1-3,6-7,10H2/t16-,18+/m1/s1. The van der Waals surface area contributed by atoms with Crippen molar-refractivity contribution in [3.63, 3.8) is 0 Å². The van der Waals surface area contributed by atoms with E-state index in [0.29, 0.717) is 5.92 Å². The molecule has 3 nitrogen and oxygen atoms in total. The van der Waals surface area contributed by atoms with Crippen molar-refractivity contribution < 1.29 is 5.11 Å². The minimum absolute atomic E-state index is 0.197. The Morgan fingerprint density at radius 2 is 2.00 bits per heavy atom. The fourth-order valence-corrected chi connectivity index (χ4v) is 4.11. The molecule has 0 amide bonds. The second-order valence-corrected chi connectivity index (χ2v) is 6.49. The third-order valence-electron chi connectivity index (χ3n) is 5.26. The highest BCUT2D eigenvalue weighted by molar-refractivity contribution is 5.68. The van der Waals surface area contributed by atoms with Crippen molar-refractivity contribution in [3.8, 4) is 11.3 Å². The molecule has 1 saturated carbocycles. The predicted molar refractivity (Wildman–Crippen MR) is 83.0 cm³/mol. The zero-order valence-electron chi connectivity index (χ0n) is 12.3. The Hall–Kier alpha value is -1.61. The molecule has 0 bridgehead atoms. The van der Waals surface area contributed by atoms with Crippen LogP contribution in [0.15, 0.2) is 36.8 Å². The Labute approximate surface area is 125 Å². The smallest absolute Gasteiger partial charge is 0.0956 e. The lowest BCUT2D eigenvalue weighted by Gasteiger charge is -2.29. The Morgan fingerprint density at radius 1 is 1.19 bits per heavy atom. The zero-order valence-corrected chi connectivity index (χ0v) is 12.3. The number of aromatic nitrogens is 2. The van der Waals surface area contributed by atoms with Gasteiger partial charge in [-0.05, 0) is 30.7 Å². The summed E-state index contributed by atoms with van der Waals surface area (Å²) >= 11 is 0. The van der Waals surface area contributed by atoms with Crippen molar-refractivity contribution in [2.24, 2.45) is 5.92 Å². The molecule has 110 valence electrons. The quantitative estimate of drug-likeness (QED) is 0.930. The van der Waals surface area contributed by atoms with E-state index in [-0.39, 0.29) is 12.1 Å². The maximum atomic E-state index is 10.7. The molecule has 2 heterocycles. The Bertz CT molecular complexity index is 628. The van der Waals surface area contributed by atoms with Gasteiger partial charge in [0.15, 0.2) is 0 Å². The minimum atomic E-state index is -0.197. The fourth-order valence-electron chi connectivity index (χ4n) is 4.11. The van der Waals surface area contributed by atoms with Crippen molar-refractivity contribution in [1.82, 2.24) is 9.55 Å². The van der Waals surface area contributed by atoms with Gasteiger partial charge >= 0.3 is 0 Å². The van der Waals surface area contributed by atoms with Crippen LogP contribution in [-0.4, -0.2) is 20.8 Å². The van der Waals surface area contributed by atoms with Gasteiger partial charge in [0.05, 0.1) is 30.4 Å². The molecular weight excluding hydrogens is 260 g/mol. The predicted octanol–water partition coefficient (Wildman–Crippen LogP) is 3.78. The Morgan fingerprint density at radius 3 is 2.86 bits per heavy atom. The molecular formula is C18H22N2O. The van der Waals surface area contributed by atoms with Gasteiger partial charge in [0.2, 0.25) is 0 Å². The van der Waals surface area contributed by atoms with E-state index in [2.05, 4.69) is 33.8 Å². The highest BCUT2D eigenvalue weighted by Gasteiger charge is 2.32. The van der Waals surface area contributed by atoms with Crippen molar-refractivity contribution in [2.45, 2.75) is 50.7 Å². The van der Waals surface area contributed by atoms with Crippen LogP contribution in [0.4, 0.5) is 0 Å². The summed E-state index contributed by atoms with van der Waals surface area (Å²) in [5, 5.41) is 10.7. The highest BCUT2D eigenvalue weighted by Crippen LogP contribution is 2.42. The van der Waals surface area contributed by atoms with Crippen molar-refractivity contribution in [3.05, 3.63) is 42.4 Å². The van der Waals surface area contributed by atoms with Gasteiger partial charge in [-0.25, -0.2) is 4.98 Å². The average molecular weight is 282 g/mol. The molecule has 1 aliphatic carbocycles. The van der Waals surface area contributed by atoms with Crippen LogP contribution in [0.5, 0.6) is 0 Å². The molecule has 21 heavy (non-hydrogen) atoms. The Balaban J connectivity index is 1.60. The van der Waals surface area contributed by atoms with Gasteiger partial charge in [-0.1, -0.05) is 43.5 Å². The van der Waals surface area contributed by atoms with Crippen LogP contribution >= 0.6 is 0 Å². The van der Waals surface area contributed by atoms with Crippen LogP contribution in [0, 0.1) is 5.92 Å². The van der Waals surface area contributed by atoms with E-state index >= 15 is 0 Å². The molecule has 2 aliphatic rings. The zero-order chi connectivity index (χ0) is 14.2. The monoisotopic (exact) mass is 282 g/mol. The molecule has 0 unspecified atom stereocenters. The number of aliphatic hydroxyl groups excluding tert-OH is 1. The molecule has 1 aliphatic heterocycles. The second kappa shape index (κ2) is 5.30. The highest BCUT2D eigenvalue weighted by atomic mass is 16.3. The van der Waals surface area contributed by atoms with E-state index in [9.17, 15) is 5.11 Å². The van der Waals surface area contributed by atoms with E-state index in [0.717, 1.165) is 6.42 Å². The maximum Gasteiger partial charge on any atom is 0.0956 e. The molecule has 2 atom stereocenters. The van der Waals surface area contributed by atoms with Gasteiger partial charge in [0, 0.05) is 5.56 Å². The number of benzene rings is 1. The molecule has 3 heteroatoms. The average Bonchev–Trinajstić information content (AvgIpc) is 3.11. The fraction of sp³-hybridized carbons (Fsp3) is 0.500. The van der Waals surface area contributed by atoms with E-state index in [1.807, 2.05) is 12.5 Å². The summed E-state index contributed by atoms with van der Waals surface area (Å²) in [6, 6.07) is 8.78. The van der Waals surface area contributed by atoms with Crippen molar-refractivity contribution in [2.75, 3.05) is 0 Å². The van der Waals surface area contributed by atoms with Gasteiger partial charge in [-0.3, -0.25) is 0 Å². The van der Waals surface area contributed by atoms with Crippen LogP contribution in [0.2, 0.25) is 0 Å². The maximum absolute atomic E-state index is 10.7. The van der Waals surface area contributed by atoms with Crippen LogP contribution in [-0.2, 0) is 0 Å². The summed E-state index contributed by atoms with van der Waals surface area (Å²) in [6.45, 7) is 0. The largest absolute Gasteiger partial charge is 0.393 e. The van der Waals surface area contributed by atoms with Crippen LogP contribution < -0.4 is 0 Å². The summed E-state index contributed by atoms with van der Waals surface area (Å²) in [5.41, 5.74) is 3.80. The number of hydrogen-bond acceptors (Lipinski definition) is 2. The van der Waals surface area contributed by atoms with Gasteiger partial charge in [-0.2, -0.15) is 0 Å². The lowest BCUT2D eigenvalue weighted by atomic mass is 9.82. The molecule has 2 aromatic rings. The summed E-state index contributed by atoms with van der Waals surface area (Å²) in [4.78, 5) is 4.29. The summed E-state index contributed by atoms with van der Waals surface area (Å²) in [6.07, 6.45) is 10.7. The van der Waals surface area contributed by atoms with E-state index in [1.54, 1.807) is 0 Å². The summed E-state index contributed by atoms with van der Waals surface area (Å²) < 4.78 is 2.23. The van der Waals surface area contributed by atoms with Crippen LogP contribution in [0.3, 0.4) is 0 Å². The third kappa shape index (κ3) is 2.20. The van der Waals surface area contributed by atoms with E-state index < -0.39 is 0 Å². The molecule has 1 aromatic heterocycles. The lowest BCUT2D eigenvalue weighted by Crippen LogP contribution is -2.26. The van der Waals surface area contributed by atoms with Crippen molar-refractivity contribution >= 4 is 0 Å². The normalized spacial score (nSPS) is 22.8. The summed E-state index contributed by atoms with van der Waals surface area (Å²) in [5.74, 6) is 0.485. The lowest BCUT2D eigenvalue weighted by molar-refractivity contribution is 0.0686. The van der Waals surface area contributed by atoms with Gasteiger partial charge < -0.3 is 9.67 Å². The first-order valence-corrected chi connectivity index (χ1v) is 8.14. The van der Waals surface area contributed by atoms with E-state index in [4.69, 9.17) is 0 Å². The number of aliphatic hydroxyl groups is 1. The van der Waals surface area contributed by atoms with E-state index in [1.165, 1.54) is 48.9 Å². The third-order valence-corrected chi connectivity index (χ3v) is 5.26.